The highest BCUT2D eigenvalue weighted by Gasteiger charge is 2.21. The van der Waals surface area contributed by atoms with Crippen molar-refractivity contribution >= 4 is 22.4 Å². The molecule has 1 aromatic heterocycles. The number of carbonyl (C=O) groups excluding carboxylic acids is 1. The Morgan fingerprint density at radius 1 is 1.33 bits per heavy atom. The van der Waals surface area contributed by atoms with Crippen molar-refractivity contribution in [2.45, 2.75) is 19.9 Å². The monoisotopic (exact) mass is 347 g/mol. The van der Waals surface area contributed by atoms with Gasteiger partial charge in [-0.1, -0.05) is 6.92 Å². The van der Waals surface area contributed by atoms with Crippen molar-refractivity contribution in [1.29, 1.82) is 0 Å². The lowest BCUT2D eigenvalue weighted by Crippen LogP contribution is -2.29. The Balaban J connectivity index is 1.75. The molecule has 0 saturated heterocycles. The number of ether oxygens (including phenoxy) is 2. The number of amides is 1. The molecule has 0 spiro atoms. The second-order valence-corrected chi connectivity index (χ2v) is 6.62. The molecule has 7 heteroatoms. The summed E-state index contributed by atoms with van der Waals surface area (Å²) in [6.07, 6.45) is 0.936. The van der Waals surface area contributed by atoms with E-state index in [4.69, 9.17) is 9.47 Å². The third-order valence-electron chi connectivity index (χ3n) is 4.12. The molecular formula is C17H21N3O3S. The normalized spacial score (nSPS) is 14.1. The molecule has 2 aromatic rings. The number of methoxy groups -OCH3 is 2. The number of nitrogens with one attached hydrogen (secondary N) is 1. The summed E-state index contributed by atoms with van der Waals surface area (Å²) in [4.78, 5) is 20.6. The van der Waals surface area contributed by atoms with Crippen LogP contribution in [0.1, 0.15) is 27.9 Å². The second kappa shape index (κ2) is 7.19. The lowest BCUT2D eigenvalue weighted by atomic mass is 10.2. The molecule has 0 fully saturated rings. The smallest absolute Gasteiger partial charge is 0.257 e. The summed E-state index contributed by atoms with van der Waals surface area (Å²) in [6, 6.07) is 5.10. The van der Waals surface area contributed by atoms with E-state index in [1.165, 1.54) is 4.88 Å². The van der Waals surface area contributed by atoms with Crippen LogP contribution in [0.3, 0.4) is 0 Å². The summed E-state index contributed by atoms with van der Waals surface area (Å²) in [5.74, 6) is 0.926. The highest BCUT2D eigenvalue weighted by atomic mass is 32.1. The zero-order chi connectivity index (χ0) is 17.1. The van der Waals surface area contributed by atoms with Crippen LogP contribution in [0.4, 0.5) is 5.13 Å². The second-order valence-electron chi connectivity index (χ2n) is 5.53. The van der Waals surface area contributed by atoms with Crippen molar-refractivity contribution in [1.82, 2.24) is 9.88 Å². The number of aromatic nitrogens is 1. The van der Waals surface area contributed by atoms with Crippen LogP contribution < -0.4 is 14.8 Å². The summed E-state index contributed by atoms with van der Waals surface area (Å²) in [5, 5.41) is 3.54. The van der Waals surface area contributed by atoms with E-state index in [0.717, 1.165) is 31.7 Å². The molecule has 1 amide bonds. The van der Waals surface area contributed by atoms with Crippen LogP contribution in [-0.4, -0.2) is 43.1 Å². The fraction of sp³-hybridized carbons (Fsp3) is 0.412. The highest BCUT2D eigenvalue weighted by Crippen LogP contribution is 2.30. The van der Waals surface area contributed by atoms with Crippen LogP contribution in [0, 0.1) is 0 Å². The molecule has 128 valence electrons. The Bertz CT molecular complexity index is 745. The molecule has 1 aromatic carbocycles. The molecule has 0 aliphatic carbocycles. The van der Waals surface area contributed by atoms with Gasteiger partial charge in [0, 0.05) is 30.0 Å². The first kappa shape index (κ1) is 16.7. The van der Waals surface area contributed by atoms with Crippen LogP contribution in [0.25, 0.3) is 0 Å². The molecule has 1 N–H and O–H groups in total. The van der Waals surface area contributed by atoms with E-state index in [0.29, 0.717) is 22.2 Å². The van der Waals surface area contributed by atoms with Crippen molar-refractivity contribution in [2.24, 2.45) is 0 Å². The average molecular weight is 347 g/mol. The lowest BCUT2D eigenvalue weighted by Gasteiger charge is -2.23. The largest absolute Gasteiger partial charge is 0.493 e. The predicted molar refractivity (Wildman–Crippen MR) is 94.3 cm³/mol. The topological polar surface area (TPSA) is 63.7 Å². The number of thiazole rings is 1. The van der Waals surface area contributed by atoms with E-state index < -0.39 is 0 Å². The molecule has 3 rings (SSSR count). The van der Waals surface area contributed by atoms with Crippen molar-refractivity contribution in [3.63, 3.8) is 0 Å². The van der Waals surface area contributed by atoms with Gasteiger partial charge < -0.3 is 9.47 Å². The fourth-order valence-corrected chi connectivity index (χ4v) is 3.76. The SMILES string of the molecule is CCN1CCc2nc(NC(=O)c3ccc(OC)c(OC)c3)sc2C1. The van der Waals surface area contributed by atoms with E-state index >= 15 is 0 Å². The van der Waals surface area contributed by atoms with Crippen molar-refractivity contribution in [2.75, 3.05) is 32.6 Å². The Labute approximate surface area is 145 Å². The Hall–Kier alpha value is -2.12. The Morgan fingerprint density at radius 3 is 2.83 bits per heavy atom. The Morgan fingerprint density at radius 2 is 2.12 bits per heavy atom. The van der Waals surface area contributed by atoms with E-state index in [2.05, 4.69) is 22.1 Å². The maximum atomic E-state index is 12.5. The molecule has 0 atom stereocenters. The first-order chi connectivity index (χ1) is 11.6. The maximum Gasteiger partial charge on any atom is 0.257 e. The van der Waals surface area contributed by atoms with Gasteiger partial charge in [-0.25, -0.2) is 4.98 Å². The number of rotatable bonds is 5. The summed E-state index contributed by atoms with van der Waals surface area (Å²) < 4.78 is 10.4. The van der Waals surface area contributed by atoms with Crippen LogP contribution in [0.15, 0.2) is 18.2 Å². The quantitative estimate of drug-likeness (QED) is 0.901. The number of anilines is 1. The molecular weight excluding hydrogens is 326 g/mol. The number of benzene rings is 1. The zero-order valence-corrected chi connectivity index (χ0v) is 14.9. The summed E-state index contributed by atoms with van der Waals surface area (Å²) in [5.41, 5.74) is 1.61. The van der Waals surface area contributed by atoms with Crippen molar-refractivity contribution in [3.05, 3.63) is 34.3 Å². The minimum Gasteiger partial charge on any atom is -0.493 e. The minimum absolute atomic E-state index is 0.200. The van der Waals surface area contributed by atoms with Crippen LogP contribution >= 0.6 is 11.3 Å². The van der Waals surface area contributed by atoms with E-state index in [-0.39, 0.29) is 5.91 Å². The molecule has 0 saturated carbocycles. The number of nitrogens with zero attached hydrogens (tertiary/aromatic N) is 2. The molecule has 0 bridgehead atoms. The maximum absolute atomic E-state index is 12.5. The highest BCUT2D eigenvalue weighted by molar-refractivity contribution is 7.15. The Kier molecular flexibility index (Phi) is 5.01. The third-order valence-corrected chi connectivity index (χ3v) is 5.12. The van der Waals surface area contributed by atoms with E-state index in [9.17, 15) is 4.79 Å². The molecule has 2 heterocycles. The predicted octanol–water partition coefficient (Wildman–Crippen LogP) is 2.79. The minimum atomic E-state index is -0.200. The van der Waals surface area contributed by atoms with Gasteiger partial charge in [-0.05, 0) is 24.7 Å². The first-order valence-electron chi connectivity index (χ1n) is 7.89. The summed E-state index contributed by atoms with van der Waals surface area (Å²) in [6.45, 7) is 5.13. The third kappa shape index (κ3) is 3.37. The summed E-state index contributed by atoms with van der Waals surface area (Å²) in [7, 11) is 3.12. The number of fused-ring (bicyclic) bond motifs is 1. The number of carbonyl (C=O) groups is 1. The molecule has 1 aliphatic heterocycles. The van der Waals surface area contributed by atoms with Gasteiger partial charge in [0.25, 0.3) is 5.91 Å². The average Bonchev–Trinajstić information content (AvgIpc) is 3.02. The number of hydrogen-bond donors (Lipinski definition) is 1. The molecule has 1 aliphatic rings. The molecule has 0 radical (unpaired) electrons. The number of hydrogen-bond acceptors (Lipinski definition) is 6. The van der Waals surface area contributed by atoms with Crippen LogP contribution in [0.5, 0.6) is 11.5 Å². The van der Waals surface area contributed by atoms with Gasteiger partial charge in [0.2, 0.25) is 0 Å². The molecule has 24 heavy (non-hydrogen) atoms. The first-order valence-corrected chi connectivity index (χ1v) is 8.70. The lowest BCUT2D eigenvalue weighted by molar-refractivity contribution is 0.102. The van der Waals surface area contributed by atoms with Gasteiger partial charge in [0.05, 0.1) is 19.9 Å². The van der Waals surface area contributed by atoms with Gasteiger partial charge in [0.15, 0.2) is 16.6 Å². The molecule has 6 nitrogen and oxygen atoms in total. The fourth-order valence-electron chi connectivity index (χ4n) is 2.72. The van der Waals surface area contributed by atoms with Crippen LogP contribution in [0.2, 0.25) is 0 Å². The summed E-state index contributed by atoms with van der Waals surface area (Å²) >= 11 is 1.55. The standard InChI is InChI=1S/C17H21N3O3S/c1-4-20-8-7-12-15(10-20)24-17(18-12)19-16(21)11-5-6-13(22-2)14(9-11)23-3/h5-6,9H,4,7-8,10H2,1-3H3,(H,18,19,21). The van der Waals surface area contributed by atoms with Gasteiger partial charge >= 0.3 is 0 Å². The van der Waals surface area contributed by atoms with Crippen molar-refractivity contribution < 1.29 is 14.3 Å². The molecule has 0 unspecified atom stereocenters. The van der Waals surface area contributed by atoms with E-state index in [1.807, 2.05) is 0 Å². The van der Waals surface area contributed by atoms with Crippen molar-refractivity contribution in [3.8, 4) is 11.5 Å². The van der Waals surface area contributed by atoms with Gasteiger partial charge in [-0.2, -0.15) is 0 Å². The number of likely N-dealkylation sites (N-methyl/N-ethyl adjacent to an activating group) is 1. The van der Waals surface area contributed by atoms with Gasteiger partial charge in [-0.3, -0.25) is 15.0 Å². The zero-order valence-electron chi connectivity index (χ0n) is 14.1. The van der Waals surface area contributed by atoms with E-state index in [1.54, 1.807) is 43.8 Å². The van der Waals surface area contributed by atoms with Gasteiger partial charge in [-0.15, -0.1) is 11.3 Å². The van der Waals surface area contributed by atoms with Crippen LogP contribution in [-0.2, 0) is 13.0 Å². The van der Waals surface area contributed by atoms with Gasteiger partial charge in [0.1, 0.15) is 0 Å².